The lowest BCUT2D eigenvalue weighted by Crippen LogP contribution is -2.58. The van der Waals surface area contributed by atoms with Gasteiger partial charge in [0.15, 0.2) is 10.9 Å². The number of ether oxygens (including phenoxy) is 2. The number of alkyl halides is 1. The van der Waals surface area contributed by atoms with Gasteiger partial charge in [0.25, 0.3) is 0 Å². The van der Waals surface area contributed by atoms with Crippen LogP contribution in [-0.2, 0) is 4.79 Å². The fraction of sp³-hybridized carbons (Fsp3) is 0.455. The first-order valence-electron chi connectivity index (χ1n) is 15.7. The van der Waals surface area contributed by atoms with Gasteiger partial charge in [0, 0.05) is 49.1 Å². The number of nitrogen functional groups attached to an aromatic ring is 1. The van der Waals surface area contributed by atoms with Crippen molar-refractivity contribution >= 4 is 49.3 Å². The Balaban J connectivity index is 1.39. The number of hydrogen-bond acceptors (Lipinski definition) is 10. The fourth-order valence-corrected chi connectivity index (χ4v) is 8.31. The summed E-state index contributed by atoms with van der Waals surface area (Å²) in [6.07, 6.45) is 2.44. The van der Waals surface area contributed by atoms with Gasteiger partial charge < -0.3 is 25.0 Å². The number of nitrogens with two attached hydrogens (primary N) is 1. The third-order valence-electron chi connectivity index (χ3n) is 9.80. The molecule has 47 heavy (non-hydrogen) atoms. The van der Waals surface area contributed by atoms with Crippen LogP contribution in [0.25, 0.3) is 32.2 Å². The zero-order valence-electron chi connectivity index (χ0n) is 26.4. The summed E-state index contributed by atoms with van der Waals surface area (Å²) >= 11 is 0.975. The molecule has 2 aromatic carbocycles. The Hall–Kier alpha value is -4.17. The number of halogens is 3. The molecule has 4 atom stereocenters. The number of rotatable bonds is 7. The summed E-state index contributed by atoms with van der Waals surface area (Å²) in [5.74, 6) is -0.822. The molecule has 5 heterocycles. The van der Waals surface area contributed by atoms with E-state index in [4.69, 9.17) is 20.2 Å². The van der Waals surface area contributed by atoms with Crippen LogP contribution in [0.3, 0.4) is 0 Å². The Morgan fingerprint density at radius 2 is 1.98 bits per heavy atom. The summed E-state index contributed by atoms with van der Waals surface area (Å²) in [6, 6.07) is 3.90. The number of aromatic nitrogens is 3. The van der Waals surface area contributed by atoms with Crippen molar-refractivity contribution in [2.45, 2.75) is 56.9 Å². The highest BCUT2D eigenvalue weighted by Gasteiger charge is 2.49. The van der Waals surface area contributed by atoms with Gasteiger partial charge in [-0.15, -0.1) is 0 Å². The Morgan fingerprint density at radius 3 is 2.74 bits per heavy atom. The van der Waals surface area contributed by atoms with Crippen molar-refractivity contribution in [1.82, 2.24) is 24.8 Å². The average Bonchev–Trinajstić information content (AvgIpc) is 3.72. The number of amides is 1. The molecule has 14 heteroatoms. The second-order valence-corrected chi connectivity index (χ2v) is 13.8. The standard InChI is InChI=1S/C33H36F3N7O3S/c1-5-24(44)42-13-18(3)43(14-17(42)2)30-21-11-23(45-4)25(20-7-8-22(35)29-28(20)38-31(37)47-29)26(36)27(21)39-32(40-30)46-16-33-9-6-10-41(33)15-19(34)12-33/h5,7-8,11,17-19H,1,6,9-10,12-16H2,2-4H3,(H2,37,38)/t17-,18+,19-,33+/m1/s1. The molecule has 0 bridgehead atoms. The first-order valence-corrected chi connectivity index (χ1v) is 16.5. The van der Waals surface area contributed by atoms with Gasteiger partial charge in [0.05, 0.1) is 28.4 Å². The molecular formula is C33H36F3N7O3S. The van der Waals surface area contributed by atoms with E-state index in [9.17, 15) is 13.6 Å². The average molecular weight is 668 g/mol. The Kier molecular flexibility index (Phi) is 7.90. The number of thiazole rings is 1. The van der Waals surface area contributed by atoms with Gasteiger partial charge in [-0.3, -0.25) is 9.69 Å². The number of benzene rings is 2. The first kappa shape index (κ1) is 31.4. The zero-order chi connectivity index (χ0) is 33.2. The number of piperazine rings is 1. The third-order valence-corrected chi connectivity index (χ3v) is 10.7. The number of hydrogen-bond donors (Lipinski definition) is 1. The molecule has 3 fully saturated rings. The molecule has 248 valence electrons. The molecule has 0 saturated carbocycles. The second-order valence-electron chi connectivity index (χ2n) is 12.7. The van der Waals surface area contributed by atoms with E-state index < -0.39 is 23.3 Å². The number of anilines is 2. The Morgan fingerprint density at radius 1 is 1.17 bits per heavy atom. The molecule has 2 N–H and O–H groups in total. The van der Waals surface area contributed by atoms with Crippen molar-refractivity contribution in [1.29, 1.82) is 0 Å². The smallest absolute Gasteiger partial charge is 0.319 e. The van der Waals surface area contributed by atoms with Gasteiger partial charge in [0.1, 0.15) is 35.7 Å². The molecule has 7 rings (SSSR count). The quantitative estimate of drug-likeness (QED) is 0.261. The lowest BCUT2D eigenvalue weighted by atomic mass is 9.95. The van der Waals surface area contributed by atoms with Gasteiger partial charge >= 0.3 is 6.01 Å². The summed E-state index contributed by atoms with van der Waals surface area (Å²) in [5, 5.41) is 0.520. The van der Waals surface area contributed by atoms with Crippen LogP contribution in [0.5, 0.6) is 11.8 Å². The van der Waals surface area contributed by atoms with Crippen LogP contribution in [0.4, 0.5) is 24.1 Å². The van der Waals surface area contributed by atoms with Crippen molar-refractivity contribution in [3.63, 3.8) is 0 Å². The largest absolute Gasteiger partial charge is 0.496 e. The molecule has 0 aliphatic carbocycles. The summed E-state index contributed by atoms with van der Waals surface area (Å²) in [7, 11) is 1.43. The predicted octanol–water partition coefficient (Wildman–Crippen LogP) is 5.34. The number of nitrogens with zero attached hydrogens (tertiary/aromatic N) is 6. The molecule has 0 spiro atoms. The SMILES string of the molecule is C=CC(=O)N1C[C@H](C)N(c2nc(OC[C@@]34CCCN3C[C@H](F)C4)nc3c(F)c(-c4ccc(F)c5sc(N)nc45)c(OC)cc23)C[C@H]1C. The number of carbonyl (C=O) groups excluding carboxylic acids is 1. The highest BCUT2D eigenvalue weighted by Crippen LogP contribution is 2.45. The highest BCUT2D eigenvalue weighted by molar-refractivity contribution is 7.22. The summed E-state index contributed by atoms with van der Waals surface area (Å²) in [5.41, 5.74) is 6.00. The second kappa shape index (κ2) is 11.8. The zero-order valence-corrected chi connectivity index (χ0v) is 27.2. The molecule has 10 nitrogen and oxygen atoms in total. The maximum atomic E-state index is 17.0. The topological polar surface area (TPSA) is 110 Å². The number of fused-ring (bicyclic) bond motifs is 3. The van der Waals surface area contributed by atoms with Crippen molar-refractivity contribution < 1.29 is 27.4 Å². The summed E-state index contributed by atoms with van der Waals surface area (Å²) in [4.78, 5) is 32.2. The predicted molar refractivity (Wildman–Crippen MR) is 176 cm³/mol. The van der Waals surface area contributed by atoms with Gasteiger partial charge in [-0.2, -0.15) is 9.97 Å². The third kappa shape index (κ3) is 5.21. The highest BCUT2D eigenvalue weighted by atomic mass is 32.1. The monoisotopic (exact) mass is 667 g/mol. The molecule has 4 aromatic rings. The van der Waals surface area contributed by atoms with Gasteiger partial charge in [-0.05, 0) is 57.5 Å². The van der Waals surface area contributed by atoms with E-state index >= 15 is 4.39 Å². The molecule has 2 aromatic heterocycles. The lowest BCUT2D eigenvalue weighted by molar-refractivity contribution is -0.128. The van der Waals surface area contributed by atoms with Crippen LogP contribution in [0.15, 0.2) is 30.9 Å². The molecule has 3 saturated heterocycles. The van der Waals surface area contributed by atoms with E-state index in [2.05, 4.69) is 21.4 Å². The van der Waals surface area contributed by atoms with Crippen molar-refractivity contribution in [2.75, 3.05) is 50.5 Å². The van der Waals surface area contributed by atoms with Crippen LogP contribution in [0, 0.1) is 11.6 Å². The lowest BCUT2D eigenvalue weighted by Gasteiger charge is -2.44. The maximum Gasteiger partial charge on any atom is 0.319 e. The van der Waals surface area contributed by atoms with Crippen LogP contribution < -0.4 is 20.1 Å². The van der Waals surface area contributed by atoms with Crippen LogP contribution in [0.2, 0.25) is 0 Å². The minimum atomic E-state index is -0.941. The summed E-state index contributed by atoms with van der Waals surface area (Å²) in [6.45, 7) is 9.63. The van der Waals surface area contributed by atoms with Crippen LogP contribution in [-0.4, -0.2) is 94.3 Å². The molecule has 3 aliphatic heterocycles. The Bertz CT molecular complexity index is 1910. The fourth-order valence-electron chi connectivity index (χ4n) is 7.55. The van der Waals surface area contributed by atoms with Crippen molar-refractivity contribution in [3.8, 4) is 22.9 Å². The van der Waals surface area contributed by atoms with E-state index in [0.29, 0.717) is 42.8 Å². The van der Waals surface area contributed by atoms with Gasteiger partial charge in [-0.1, -0.05) is 17.9 Å². The first-order chi connectivity index (χ1) is 22.5. The van der Waals surface area contributed by atoms with Gasteiger partial charge in [-0.25, -0.2) is 18.2 Å². The van der Waals surface area contributed by atoms with E-state index in [1.807, 2.05) is 18.7 Å². The van der Waals surface area contributed by atoms with E-state index in [-0.39, 0.29) is 62.8 Å². The molecule has 0 unspecified atom stereocenters. The van der Waals surface area contributed by atoms with Crippen molar-refractivity contribution in [3.05, 3.63) is 42.5 Å². The molecule has 3 aliphatic rings. The van der Waals surface area contributed by atoms with Crippen LogP contribution >= 0.6 is 11.3 Å². The molecular weight excluding hydrogens is 631 g/mol. The minimum absolute atomic E-state index is 0.0264. The van der Waals surface area contributed by atoms with E-state index in [1.165, 1.54) is 25.3 Å². The summed E-state index contributed by atoms with van der Waals surface area (Å²) < 4.78 is 58.5. The van der Waals surface area contributed by atoms with E-state index in [0.717, 1.165) is 30.7 Å². The molecule has 0 radical (unpaired) electrons. The minimum Gasteiger partial charge on any atom is -0.496 e. The number of carbonyl (C=O) groups is 1. The van der Waals surface area contributed by atoms with E-state index in [1.54, 1.807) is 11.0 Å². The normalized spacial score (nSPS) is 24.7. The number of methoxy groups -OCH3 is 1. The maximum absolute atomic E-state index is 17.0. The van der Waals surface area contributed by atoms with Gasteiger partial charge in [0.2, 0.25) is 5.91 Å². The van der Waals surface area contributed by atoms with Crippen molar-refractivity contribution in [2.24, 2.45) is 0 Å². The Labute approximate surface area is 274 Å². The van der Waals surface area contributed by atoms with Crippen LogP contribution in [0.1, 0.15) is 33.1 Å². The molecule has 1 amide bonds.